The first-order valence-corrected chi connectivity index (χ1v) is 9.59. The van der Waals surface area contributed by atoms with Gasteiger partial charge in [0.05, 0.1) is 4.90 Å². The van der Waals surface area contributed by atoms with Crippen LogP contribution < -0.4 is 10.0 Å². The Morgan fingerprint density at radius 2 is 1.50 bits per heavy atom. The number of rotatable bonds is 5. The summed E-state index contributed by atoms with van der Waals surface area (Å²) in [6, 6.07) is 16.3. The molecule has 0 amide bonds. The number of aromatic nitrogens is 2. The molecule has 0 bridgehead atoms. The monoisotopic (exact) mass is 368 g/mol. The molecule has 0 fully saturated rings. The molecule has 3 aromatic rings. The van der Waals surface area contributed by atoms with E-state index in [9.17, 15) is 8.42 Å². The lowest BCUT2D eigenvalue weighted by molar-refractivity contribution is 0.600. The van der Waals surface area contributed by atoms with Gasteiger partial charge in [0, 0.05) is 5.69 Å². The van der Waals surface area contributed by atoms with Crippen molar-refractivity contribution < 1.29 is 8.42 Å². The van der Waals surface area contributed by atoms with Crippen LogP contribution in [-0.4, -0.2) is 18.6 Å². The highest BCUT2D eigenvalue weighted by Crippen LogP contribution is 2.20. The van der Waals surface area contributed by atoms with Gasteiger partial charge in [0.1, 0.15) is 0 Å². The van der Waals surface area contributed by atoms with Gasteiger partial charge in [-0.15, -0.1) is 10.2 Å². The van der Waals surface area contributed by atoms with E-state index in [-0.39, 0.29) is 10.7 Å². The van der Waals surface area contributed by atoms with E-state index in [4.69, 9.17) is 0 Å². The van der Waals surface area contributed by atoms with Crippen LogP contribution in [0.2, 0.25) is 0 Å². The zero-order valence-corrected chi connectivity index (χ0v) is 15.6. The molecule has 2 N–H and O–H groups in total. The maximum absolute atomic E-state index is 12.6. The molecule has 7 heteroatoms. The van der Waals surface area contributed by atoms with Crippen molar-refractivity contribution >= 4 is 27.3 Å². The number of hydrogen-bond acceptors (Lipinski definition) is 5. The van der Waals surface area contributed by atoms with Gasteiger partial charge in [-0.3, -0.25) is 4.72 Å². The highest BCUT2D eigenvalue weighted by molar-refractivity contribution is 7.92. The van der Waals surface area contributed by atoms with Gasteiger partial charge in [-0.1, -0.05) is 29.8 Å². The number of nitrogens with zero attached hydrogens (tertiary/aromatic N) is 2. The standard InChI is InChI=1S/C19H20N4O2S/c1-13-5-4-6-16(12-13)20-18-9-10-19(22-21-18)23-26(24,25)17-8-7-14(2)11-15(17)3/h4-12H,1-3H3,(H,20,21)(H,22,23). The second-order valence-corrected chi connectivity index (χ2v) is 7.82. The van der Waals surface area contributed by atoms with E-state index < -0.39 is 10.0 Å². The molecule has 1 heterocycles. The first-order chi connectivity index (χ1) is 12.3. The summed E-state index contributed by atoms with van der Waals surface area (Å²) in [5, 5.41) is 11.1. The van der Waals surface area contributed by atoms with Crippen molar-refractivity contribution in [1.29, 1.82) is 0 Å². The summed E-state index contributed by atoms with van der Waals surface area (Å²) < 4.78 is 27.6. The molecule has 0 atom stereocenters. The molecule has 1 aromatic heterocycles. The van der Waals surface area contributed by atoms with E-state index in [1.165, 1.54) is 0 Å². The molecule has 3 rings (SSSR count). The van der Waals surface area contributed by atoms with Gasteiger partial charge in [0.2, 0.25) is 0 Å². The van der Waals surface area contributed by atoms with Gasteiger partial charge in [0.15, 0.2) is 11.6 Å². The maximum atomic E-state index is 12.6. The topological polar surface area (TPSA) is 84.0 Å². The van der Waals surface area contributed by atoms with Crippen LogP contribution in [0.4, 0.5) is 17.3 Å². The molecule has 6 nitrogen and oxygen atoms in total. The minimum Gasteiger partial charge on any atom is -0.339 e. The van der Waals surface area contributed by atoms with Crippen molar-refractivity contribution in [3.63, 3.8) is 0 Å². The van der Waals surface area contributed by atoms with Crippen LogP contribution in [0.15, 0.2) is 59.5 Å². The highest BCUT2D eigenvalue weighted by Gasteiger charge is 2.17. The van der Waals surface area contributed by atoms with Crippen LogP contribution in [-0.2, 0) is 10.0 Å². The Kier molecular flexibility index (Phi) is 4.90. The third-order valence-electron chi connectivity index (χ3n) is 3.81. The van der Waals surface area contributed by atoms with Gasteiger partial charge in [-0.05, 0) is 62.2 Å². The molecule has 134 valence electrons. The molecule has 0 radical (unpaired) electrons. The molecule has 0 aliphatic carbocycles. The lowest BCUT2D eigenvalue weighted by Gasteiger charge is -2.11. The van der Waals surface area contributed by atoms with Crippen molar-refractivity contribution in [2.24, 2.45) is 0 Å². The van der Waals surface area contributed by atoms with Crippen LogP contribution in [0.25, 0.3) is 0 Å². The summed E-state index contributed by atoms with van der Waals surface area (Å²) in [4.78, 5) is 0.229. The minimum atomic E-state index is -3.71. The predicted octanol–water partition coefficient (Wildman–Crippen LogP) is 3.95. The molecule has 0 aliphatic rings. The van der Waals surface area contributed by atoms with Crippen LogP contribution in [0.3, 0.4) is 0 Å². The molecule has 26 heavy (non-hydrogen) atoms. The van der Waals surface area contributed by atoms with E-state index >= 15 is 0 Å². The van der Waals surface area contributed by atoms with Gasteiger partial charge in [-0.25, -0.2) is 8.42 Å². The zero-order chi connectivity index (χ0) is 18.7. The average Bonchev–Trinajstić information content (AvgIpc) is 2.56. The normalized spacial score (nSPS) is 11.2. The van der Waals surface area contributed by atoms with Crippen molar-refractivity contribution in [3.8, 4) is 0 Å². The fourth-order valence-corrected chi connectivity index (χ4v) is 3.84. The lowest BCUT2D eigenvalue weighted by Crippen LogP contribution is -2.15. The summed E-state index contributed by atoms with van der Waals surface area (Å²) in [5.41, 5.74) is 3.71. The molecule has 0 unspecified atom stereocenters. The van der Waals surface area contributed by atoms with Crippen LogP contribution in [0, 0.1) is 20.8 Å². The Balaban J connectivity index is 1.76. The summed E-state index contributed by atoms with van der Waals surface area (Å²) in [6.45, 7) is 5.69. The Labute approximate surface area is 153 Å². The SMILES string of the molecule is Cc1cccc(Nc2ccc(NS(=O)(=O)c3ccc(C)cc3C)nn2)c1. The van der Waals surface area contributed by atoms with E-state index in [1.807, 2.05) is 44.2 Å². The highest BCUT2D eigenvalue weighted by atomic mass is 32.2. The first-order valence-electron chi connectivity index (χ1n) is 8.11. The van der Waals surface area contributed by atoms with E-state index in [0.29, 0.717) is 11.4 Å². The number of anilines is 3. The molecule has 0 saturated carbocycles. The quantitative estimate of drug-likeness (QED) is 0.712. The van der Waals surface area contributed by atoms with Gasteiger partial charge < -0.3 is 5.32 Å². The van der Waals surface area contributed by atoms with Crippen molar-refractivity contribution in [1.82, 2.24) is 10.2 Å². The predicted molar refractivity (Wildman–Crippen MR) is 103 cm³/mol. The third-order valence-corrected chi connectivity index (χ3v) is 5.33. The molecular weight excluding hydrogens is 348 g/mol. The van der Waals surface area contributed by atoms with E-state index in [2.05, 4.69) is 20.2 Å². The largest absolute Gasteiger partial charge is 0.339 e. The third kappa shape index (κ3) is 4.18. The second kappa shape index (κ2) is 7.13. The smallest absolute Gasteiger partial charge is 0.263 e. The summed E-state index contributed by atoms with van der Waals surface area (Å²) in [6.07, 6.45) is 0. The van der Waals surface area contributed by atoms with Gasteiger partial charge >= 0.3 is 0 Å². The number of aryl methyl sites for hydroxylation is 3. The minimum absolute atomic E-state index is 0.166. The van der Waals surface area contributed by atoms with Crippen molar-refractivity contribution in [2.75, 3.05) is 10.0 Å². The number of nitrogens with one attached hydrogen (secondary N) is 2. The van der Waals surface area contributed by atoms with E-state index in [0.717, 1.165) is 16.8 Å². The van der Waals surface area contributed by atoms with Crippen LogP contribution >= 0.6 is 0 Å². The van der Waals surface area contributed by atoms with Crippen molar-refractivity contribution in [2.45, 2.75) is 25.7 Å². The van der Waals surface area contributed by atoms with E-state index in [1.54, 1.807) is 31.2 Å². The molecular formula is C19H20N4O2S. The molecule has 0 spiro atoms. The van der Waals surface area contributed by atoms with Crippen molar-refractivity contribution in [3.05, 3.63) is 71.3 Å². The Morgan fingerprint density at radius 1 is 0.808 bits per heavy atom. The molecule has 0 aliphatic heterocycles. The number of benzene rings is 2. The Bertz CT molecular complexity index is 1030. The fourth-order valence-electron chi connectivity index (χ4n) is 2.62. The number of sulfonamides is 1. The summed E-state index contributed by atoms with van der Waals surface area (Å²) in [7, 11) is -3.71. The van der Waals surface area contributed by atoms with Gasteiger partial charge in [0.25, 0.3) is 10.0 Å². The Hall–Kier alpha value is -2.93. The second-order valence-electron chi connectivity index (χ2n) is 6.17. The fraction of sp³-hybridized carbons (Fsp3) is 0.158. The summed E-state index contributed by atoms with van der Waals surface area (Å²) in [5.74, 6) is 0.699. The summed E-state index contributed by atoms with van der Waals surface area (Å²) >= 11 is 0. The first kappa shape index (κ1) is 17.9. The average molecular weight is 368 g/mol. The van der Waals surface area contributed by atoms with Crippen LogP contribution in [0.5, 0.6) is 0 Å². The molecule has 2 aromatic carbocycles. The lowest BCUT2D eigenvalue weighted by atomic mass is 10.2. The maximum Gasteiger partial charge on any atom is 0.263 e. The molecule has 0 saturated heterocycles. The zero-order valence-electron chi connectivity index (χ0n) is 14.8. The van der Waals surface area contributed by atoms with Gasteiger partial charge in [-0.2, -0.15) is 0 Å². The van der Waals surface area contributed by atoms with Crippen LogP contribution in [0.1, 0.15) is 16.7 Å². The Morgan fingerprint density at radius 3 is 2.15 bits per heavy atom. The number of hydrogen-bond donors (Lipinski definition) is 2.